The van der Waals surface area contributed by atoms with Gasteiger partial charge < -0.3 is 37.0 Å². The molecule has 4 aliphatic rings. The molecule has 0 aromatic carbocycles. The minimum Gasteiger partial charge on any atom is -0.480 e. The summed E-state index contributed by atoms with van der Waals surface area (Å²) in [7, 11) is 0. The molecule has 3 saturated carbocycles. The highest BCUT2D eigenvalue weighted by Crippen LogP contribution is 2.59. The molecule has 4 fully saturated rings. The van der Waals surface area contributed by atoms with Crippen molar-refractivity contribution in [3.8, 4) is 0 Å². The predicted molar refractivity (Wildman–Crippen MR) is 203 cm³/mol. The monoisotopic (exact) mass is 758 g/mol. The van der Waals surface area contributed by atoms with Gasteiger partial charge in [0.25, 0.3) is 5.91 Å². The minimum absolute atomic E-state index is 0.00594. The van der Waals surface area contributed by atoms with Gasteiger partial charge in [0, 0.05) is 6.54 Å². The molecule has 1 spiro atoms. The van der Waals surface area contributed by atoms with Crippen molar-refractivity contribution in [3.05, 3.63) is 0 Å². The Hall–Kier alpha value is -3.71. The maximum atomic E-state index is 14.9. The molecular formula is C40H66N6O8. The summed E-state index contributed by atoms with van der Waals surface area (Å²) in [5.41, 5.74) is 2.88. The van der Waals surface area contributed by atoms with Gasteiger partial charge in [0.15, 0.2) is 0 Å². The molecular weight excluding hydrogens is 692 g/mol. The second kappa shape index (κ2) is 17.0. The summed E-state index contributed by atoms with van der Waals surface area (Å²) < 4.78 is 0. The van der Waals surface area contributed by atoms with Gasteiger partial charge in [-0.3, -0.25) is 24.0 Å². The second-order valence-electron chi connectivity index (χ2n) is 18.9. The predicted octanol–water partition coefficient (Wildman–Crippen LogP) is 3.94. The van der Waals surface area contributed by atoms with Gasteiger partial charge >= 0.3 is 12.0 Å². The summed E-state index contributed by atoms with van der Waals surface area (Å²) in [4.78, 5) is 95.1. The van der Waals surface area contributed by atoms with Crippen molar-refractivity contribution in [1.82, 2.24) is 26.2 Å². The Labute approximate surface area is 320 Å². The van der Waals surface area contributed by atoms with E-state index in [1.807, 2.05) is 20.8 Å². The Morgan fingerprint density at radius 1 is 0.796 bits per heavy atom. The molecule has 7 N–H and O–H groups in total. The van der Waals surface area contributed by atoms with E-state index in [-0.39, 0.29) is 29.2 Å². The highest BCUT2D eigenvalue weighted by Gasteiger charge is 2.52. The van der Waals surface area contributed by atoms with Crippen LogP contribution >= 0.6 is 0 Å². The van der Waals surface area contributed by atoms with Crippen molar-refractivity contribution in [1.29, 1.82) is 0 Å². The molecule has 1 aliphatic heterocycles. The van der Waals surface area contributed by atoms with E-state index in [2.05, 4.69) is 35.1 Å². The van der Waals surface area contributed by atoms with Crippen LogP contribution < -0.4 is 27.0 Å². The van der Waals surface area contributed by atoms with Crippen molar-refractivity contribution in [2.45, 2.75) is 174 Å². The zero-order chi connectivity index (χ0) is 40.2. The molecule has 4 atom stereocenters. The number of primary amides is 1. The van der Waals surface area contributed by atoms with Gasteiger partial charge in [0.05, 0.1) is 6.04 Å². The number of carboxylic acids is 1. The minimum atomic E-state index is -1.57. The van der Waals surface area contributed by atoms with Crippen LogP contribution in [-0.2, 0) is 28.8 Å². The standard InChI is InChI=1S/C40H66N6O8/c1-37(2,3)30(44-36(54)43-28(25-15-9-8-10-16-25)33(50)45-39(6,7)35(52)53)34(51)46-22-21-40(18-12-19-40)38(4,5)20-17-27(46)32(49)42-26(29(47)31(41)48)23-24-13-11-14-24/h24-28,30H,8-23H2,1-7H3,(H2,41,48)(H,42,49)(H,45,50)(H,52,53)(H2,43,44,54)/t26?,27-,28-,30+/m0/s1. The van der Waals surface area contributed by atoms with Gasteiger partial charge in [-0.05, 0) is 93.3 Å². The number of amides is 6. The van der Waals surface area contributed by atoms with Gasteiger partial charge in [-0.15, -0.1) is 0 Å². The average Bonchev–Trinajstić information content (AvgIpc) is 3.03. The zero-order valence-electron chi connectivity index (χ0n) is 33.6. The van der Waals surface area contributed by atoms with E-state index < -0.39 is 76.5 Å². The Morgan fingerprint density at radius 3 is 1.93 bits per heavy atom. The molecule has 3 aliphatic carbocycles. The van der Waals surface area contributed by atoms with Gasteiger partial charge in [-0.25, -0.2) is 9.59 Å². The fourth-order valence-corrected chi connectivity index (χ4v) is 8.98. The summed E-state index contributed by atoms with van der Waals surface area (Å²) in [6.07, 6.45) is 11.9. The maximum absolute atomic E-state index is 14.9. The first kappa shape index (κ1) is 43.0. The van der Waals surface area contributed by atoms with Crippen LogP contribution in [-0.4, -0.2) is 87.7 Å². The molecule has 0 radical (unpaired) electrons. The molecule has 0 bridgehead atoms. The third kappa shape index (κ3) is 9.93. The van der Waals surface area contributed by atoms with Crippen LogP contribution in [0, 0.1) is 28.1 Å². The lowest BCUT2D eigenvalue weighted by Gasteiger charge is -2.56. The highest BCUT2D eigenvalue weighted by molar-refractivity contribution is 6.37. The summed E-state index contributed by atoms with van der Waals surface area (Å²) in [5.74, 6) is -4.83. The first-order chi connectivity index (χ1) is 25.1. The number of nitrogens with one attached hydrogen (secondary N) is 4. The topological polar surface area (TPSA) is 217 Å². The lowest BCUT2D eigenvalue weighted by molar-refractivity contribution is -0.149. The van der Waals surface area contributed by atoms with E-state index in [0.29, 0.717) is 38.5 Å². The van der Waals surface area contributed by atoms with E-state index in [0.717, 1.165) is 57.8 Å². The third-order valence-electron chi connectivity index (χ3n) is 13.3. The molecule has 54 heavy (non-hydrogen) atoms. The van der Waals surface area contributed by atoms with E-state index in [1.54, 1.807) is 4.90 Å². The molecule has 14 nitrogen and oxygen atoms in total. The van der Waals surface area contributed by atoms with Crippen molar-refractivity contribution < 1.29 is 38.7 Å². The second-order valence-corrected chi connectivity index (χ2v) is 18.9. The summed E-state index contributed by atoms with van der Waals surface area (Å²) in [6, 6.07) is -4.98. The quantitative estimate of drug-likeness (QED) is 0.151. The number of likely N-dealkylation sites (tertiary alicyclic amines) is 1. The van der Waals surface area contributed by atoms with Crippen LogP contribution in [0.3, 0.4) is 0 Å². The van der Waals surface area contributed by atoms with E-state index >= 15 is 0 Å². The Kier molecular flexibility index (Phi) is 13.5. The Balaban J connectivity index is 1.62. The normalized spacial score (nSPS) is 23.5. The number of rotatable bonds is 13. The van der Waals surface area contributed by atoms with E-state index in [9.17, 15) is 38.7 Å². The molecule has 4 rings (SSSR count). The third-order valence-corrected chi connectivity index (χ3v) is 13.3. The Morgan fingerprint density at radius 2 is 1.43 bits per heavy atom. The van der Waals surface area contributed by atoms with Gasteiger partial charge in [-0.2, -0.15) is 0 Å². The summed E-state index contributed by atoms with van der Waals surface area (Å²) in [5, 5.41) is 20.7. The number of carbonyl (C=O) groups is 7. The van der Waals surface area contributed by atoms with Gasteiger partial charge in [0.2, 0.25) is 23.5 Å². The summed E-state index contributed by atoms with van der Waals surface area (Å²) >= 11 is 0. The molecule has 6 amide bonds. The first-order valence-corrected chi connectivity index (χ1v) is 20.2. The van der Waals surface area contributed by atoms with Gasteiger partial charge in [-0.1, -0.05) is 79.6 Å². The van der Waals surface area contributed by atoms with Crippen LogP contribution in [0.4, 0.5) is 4.79 Å². The largest absolute Gasteiger partial charge is 0.480 e. The number of nitrogens with zero attached hydrogens (tertiary/aromatic N) is 1. The van der Waals surface area contributed by atoms with Crippen molar-refractivity contribution in [3.63, 3.8) is 0 Å². The summed E-state index contributed by atoms with van der Waals surface area (Å²) in [6.45, 7) is 12.9. The van der Waals surface area contributed by atoms with Crippen LogP contribution in [0.1, 0.15) is 145 Å². The number of nitrogens with two attached hydrogens (primary N) is 1. The van der Waals surface area contributed by atoms with Crippen LogP contribution in [0.5, 0.6) is 0 Å². The number of Topliss-reactive ketones (excluding diaryl/α,β-unsaturated/α-hetero) is 1. The van der Waals surface area contributed by atoms with Crippen molar-refractivity contribution >= 4 is 41.4 Å². The molecule has 0 aromatic heterocycles. The van der Waals surface area contributed by atoms with E-state index in [4.69, 9.17) is 5.73 Å². The number of urea groups is 1. The van der Waals surface area contributed by atoms with Crippen LogP contribution in [0.2, 0.25) is 0 Å². The highest BCUT2D eigenvalue weighted by atomic mass is 16.4. The Bertz CT molecular complexity index is 1440. The fourth-order valence-electron chi connectivity index (χ4n) is 8.98. The molecule has 1 unspecified atom stereocenters. The molecule has 1 heterocycles. The van der Waals surface area contributed by atoms with Gasteiger partial charge in [0.1, 0.15) is 23.7 Å². The maximum Gasteiger partial charge on any atom is 0.328 e. The lowest BCUT2D eigenvalue weighted by Crippen LogP contribution is -2.64. The van der Waals surface area contributed by atoms with Crippen LogP contribution in [0.25, 0.3) is 0 Å². The number of carboxylic acid groups (broad SMARTS) is 1. The lowest BCUT2D eigenvalue weighted by atomic mass is 9.51. The molecule has 1 saturated heterocycles. The SMILES string of the molecule is CC(C)(NC(=O)[C@@H](NC(=O)N[C@H](C(=O)N1CCC2(CCC2)C(C)(C)CC[C@H]1C(=O)NC(CC1CCC1)C(=O)C(N)=O)C(C)(C)C)C1CCCCC1)C(=O)O. The van der Waals surface area contributed by atoms with Crippen molar-refractivity contribution in [2.24, 2.45) is 33.8 Å². The average molecular weight is 759 g/mol. The number of aliphatic carboxylic acids is 1. The number of hydrogen-bond acceptors (Lipinski definition) is 7. The first-order valence-electron chi connectivity index (χ1n) is 20.2. The number of hydrogen-bond donors (Lipinski definition) is 6. The van der Waals surface area contributed by atoms with E-state index in [1.165, 1.54) is 13.8 Å². The number of ketones is 1. The smallest absolute Gasteiger partial charge is 0.328 e. The number of carbonyl (C=O) groups excluding carboxylic acids is 6. The molecule has 14 heteroatoms. The van der Waals surface area contributed by atoms with Crippen molar-refractivity contribution in [2.75, 3.05) is 6.54 Å². The molecule has 304 valence electrons. The zero-order valence-corrected chi connectivity index (χ0v) is 33.6. The van der Waals surface area contributed by atoms with Crippen LogP contribution in [0.15, 0.2) is 0 Å². The fraction of sp³-hybridized carbons (Fsp3) is 0.825. The molecule has 0 aromatic rings.